The number of nitrogens with zero attached hydrogens (tertiary/aromatic N) is 1. The SMILES string of the molecule is CN1CCCC1(C)COc1ccc2c(c1)CCCN2. The summed E-state index contributed by atoms with van der Waals surface area (Å²) in [4.78, 5) is 2.42. The lowest BCUT2D eigenvalue weighted by Crippen LogP contribution is -2.43. The van der Waals surface area contributed by atoms with Crippen molar-refractivity contribution in [2.45, 2.75) is 38.1 Å². The molecule has 0 aliphatic carbocycles. The van der Waals surface area contributed by atoms with Crippen molar-refractivity contribution in [2.24, 2.45) is 0 Å². The summed E-state index contributed by atoms with van der Waals surface area (Å²) in [7, 11) is 2.20. The summed E-state index contributed by atoms with van der Waals surface area (Å²) in [6, 6.07) is 6.46. The first-order chi connectivity index (χ1) is 9.17. The molecule has 1 aromatic carbocycles. The first kappa shape index (κ1) is 12.8. The molecule has 1 atom stereocenters. The highest BCUT2D eigenvalue weighted by atomic mass is 16.5. The molecule has 1 saturated heterocycles. The molecular weight excluding hydrogens is 236 g/mol. The van der Waals surface area contributed by atoms with Crippen LogP contribution in [0.15, 0.2) is 18.2 Å². The summed E-state index contributed by atoms with van der Waals surface area (Å²) in [6.07, 6.45) is 4.90. The fraction of sp³-hybridized carbons (Fsp3) is 0.625. The Morgan fingerprint density at radius 2 is 2.26 bits per heavy atom. The van der Waals surface area contributed by atoms with Gasteiger partial charge in [0.05, 0.1) is 5.54 Å². The lowest BCUT2D eigenvalue weighted by atomic mass is 10.0. The first-order valence-electron chi connectivity index (χ1n) is 7.38. The van der Waals surface area contributed by atoms with E-state index in [-0.39, 0.29) is 5.54 Å². The topological polar surface area (TPSA) is 24.5 Å². The van der Waals surface area contributed by atoms with E-state index in [9.17, 15) is 0 Å². The first-order valence-corrected chi connectivity index (χ1v) is 7.38. The van der Waals surface area contributed by atoms with Crippen LogP contribution in [-0.4, -0.2) is 37.2 Å². The van der Waals surface area contributed by atoms with Gasteiger partial charge in [0.1, 0.15) is 12.4 Å². The van der Waals surface area contributed by atoms with E-state index in [1.807, 2.05) is 0 Å². The van der Waals surface area contributed by atoms with E-state index in [2.05, 4.69) is 42.4 Å². The van der Waals surface area contributed by atoms with Gasteiger partial charge in [0.2, 0.25) is 0 Å². The summed E-state index contributed by atoms with van der Waals surface area (Å²) in [6.45, 7) is 5.37. The zero-order valence-electron chi connectivity index (χ0n) is 12.0. The summed E-state index contributed by atoms with van der Waals surface area (Å²) in [5, 5.41) is 3.44. The normalized spacial score (nSPS) is 26.8. The standard InChI is InChI=1S/C16H24N2O/c1-16(8-4-10-18(16)2)12-19-14-6-7-15-13(11-14)5-3-9-17-15/h6-7,11,17H,3-5,8-10,12H2,1-2H3. The number of fused-ring (bicyclic) bond motifs is 1. The van der Waals surface area contributed by atoms with Gasteiger partial charge in [-0.1, -0.05) is 0 Å². The molecule has 2 heterocycles. The summed E-state index contributed by atoms with van der Waals surface area (Å²) in [5.41, 5.74) is 2.88. The highest BCUT2D eigenvalue weighted by Gasteiger charge is 2.34. The van der Waals surface area contributed by atoms with E-state index >= 15 is 0 Å². The van der Waals surface area contributed by atoms with E-state index in [0.29, 0.717) is 0 Å². The Kier molecular flexibility index (Phi) is 3.40. The third kappa shape index (κ3) is 2.57. The zero-order chi connectivity index (χ0) is 13.3. The summed E-state index contributed by atoms with van der Waals surface area (Å²) >= 11 is 0. The molecule has 19 heavy (non-hydrogen) atoms. The minimum absolute atomic E-state index is 0.203. The van der Waals surface area contributed by atoms with E-state index in [4.69, 9.17) is 4.74 Å². The lowest BCUT2D eigenvalue weighted by Gasteiger charge is -2.32. The molecular formula is C16H24N2O. The average molecular weight is 260 g/mol. The predicted octanol–water partition coefficient (Wildman–Crippen LogP) is 2.91. The van der Waals surface area contributed by atoms with E-state index < -0.39 is 0 Å². The minimum Gasteiger partial charge on any atom is -0.492 e. The number of likely N-dealkylation sites (N-methyl/N-ethyl adjacent to an activating group) is 1. The van der Waals surface area contributed by atoms with Crippen LogP contribution in [0.25, 0.3) is 0 Å². The Morgan fingerprint density at radius 1 is 1.37 bits per heavy atom. The van der Waals surface area contributed by atoms with Crippen LogP contribution in [0.3, 0.4) is 0 Å². The molecule has 2 aliphatic heterocycles. The molecule has 104 valence electrons. The molecule has 2 aliphatic rings. The van der Waals surface area contributed by atoms with Gasteiger partial charge in [-0.2, -0.15) is 0 Å². The van der Waals surface area contributed by atoms with Crippen LogP contribution in [0, 0.1) is 0 Å². The largest absolute Gasteiger partial charge is 0.492 e. The quantitative estimate of drug-likeness (QED) is 0.904. The number of benzene rings is 1. The Labute approximate surface area is 115 Å². The maximum Gasteiger partial charge on any atom is 0.119 e. The van der Waals surface area contributed by atoms with Crippen LogP contribution in [0.4, 0.5) is 5.69 Å². The van der Waals surface area contributed by atoms with Crippen LogP contribution in [0.5, 0.6) is 5.75 Å². The molecule has 0 saturated carbocycles. The lowest BCUT2D eigenvalue weighted by molar-refractivity contribution is 0.114. The van der Waals surface area contributed by atoms with E-state index in [0.717, 1.165) is 25.3 Å². The van der Waals surface area contributed by atoms with Crippen LogP contribution < -0.4 is 10.1 Å². The maximum atomic E-state index is 6.06. The number of ether oxygens (including phenoxy) is 1. The third-order valence-electron chi connectivity index (χ3n) is 4.70. The van der Waals surface area contributed by atoms with Gasteiger partial charge >= 0.3 is 0 Å². The Hall–Kier alpha value is -1.22. The molecule has 0 bridgehead atoms. The van der Waals surface area contributed by atoms with Crippen molar-refractivity contribution in [2.75, 3.05) is 32.1 Å². The number of hydrogen-bond donors (Lipinski definition) is 1. The van der Waals surface area contributed by atoms with Gasteiger partial charge in [0, 0.05) is 12.2 Å². The number of likely N-dealkylation sites (tertiary alicyclic amines) is 1. The molecule has 0 aromatic heterocycles. The number of rotatable bonds is 3. The van der Waals surface area contributed by atoms with Crippen LogP contribution in [-0.2, 0) is 6.42 Å². The van der Waals surface area contributed by atoms with E-state index in [1.54, 1.807) is 0 Å². The van der Waals surface area contributed by atoms with Crippen LogP contribution >= 0.6 is 0 Å². The van der Waals surface area contributed by atoms with Crippen LogP contribution in [0.2, 0.25) is 0 Å². The number of anilines is 1. The van der Waals surface area contributed by atoms with Gasteiger partial charge < -0.3 is 10.1 Å². The third-order valence-corrected chi connectivity index (χ3v) is 4.70. The van der Waals surface area contributed by atoms with Crippen molar-refractivity contribution in [1.82, 2.24) is 4.90 Å². The summed E-state index contributed by atoms with van der Waals surface area (Å²) < 4.78 is 6.06. The van der Waals surface area contributed by atoms with Crippen molar-refractivity contribution in [3.8, 4) is 5.75 Å². The molecule has 3 nitrogen and oxygen atoms in total. The second-order valence-corrected chi connectivity index (χ2v) is 6.16. The second-order valence-electron chi connectivity index (χ2n) is 6.16. The molecule has 1 aromatic rings. The molecule has 1 N–H and O–H groups in total. The fourth-order valence-electron chi connectivity index (χ4n) is 3.12. The second kappa shape index (κ2) is 5.04. The van der Waals surface area contributed by atoms with Crippen LogP contribution in [0.1, 0.15) is 31.7 Å². The fourth-order valence-corrected chi connectivity index (χ4v) is 3.12. The van der Waals surface area contributed by atoms with Crippen molar-refractivity contribution in [1.29, 1.82) is 0 Å². The minimum atomic E-state index is 0.203. The van der Waals surface area contributed by atoms with Gasteiger partial charge in [-0.15, -0.1) is 0 Å². The van der Waals surface area contributed by atoms with E-state index in [1.165, 1.54) is 37.1 Å². The number of hydrogen-bond acceptors (Lipinski definition) is 3. The smallest absolute Gasteiger partial charge is 0.119 e. The van der Waals surface area contributed by atoms with Crippen molar-refractivity contribution < 1.29 is 4.74 Å². The summed E-state index contributed by atoms with van der Waals surface area (Å²) in [5.74, 6) is 1.02. The highest BCUT2D eigenvalue weighted by Crippen LogP contribution is 2.30. The number of nitrogens with one attached hydrogen (secondary N) is 1. The maximum absolute atomic E-state index is 6.06. The predicted molar refractivity (Wildman–Crippen MR) is 79.0 cm³/mol. The van der Waals surface area contributed by atoms with Gasteiger partial charge in [-0.05, 0) is 70.0 Å². The monoisotopic (exact) mass is 260 g/mol. The van der Waals surface area contributed by atoms with Gasteiger partial charge in [0.25, 0.3) is 0 Å². The van der Waals surface area contributed by atoms with Gasteiger partial charge in [-0.25, -0.2) is 0 Å². The molecule has 1 unspecified atom stereocenters. The van der Waals surface area contributed by atoms with Gasteiger partial charge in [0.15, 0.2) is 0 Å². The molecule has 3 heteroatoms. The molecule has 0 spiro atoms. The van der Waals surface area contributed by atoms with Crippen molar-refractivity contribution in [3.05, 3.63) is 23.8 Å². The molecule has 3 rings (SSSR count). The van der Waals surface area contributed by atoms with Crippen molar-refractivity contribution >= 4 is 5.69 Å². The van der Waals surface area contributed by atoms with Crippen molar-refractivity contribution in [3.63, 3.8) is 0 Å². The Bertz CT molecular complexity index is 460. The Balaban J connectivity index is 1.67. The Morgan fingerprint density at radius 3 is 3.05 bits per heavy atom. The highest BCUT2D eigenvalue weighted by molar-refractivity contribution is 5.55. The van der Waals surface area contributed by atoms with Gasteiger partial charge in [-0.3, -0.25) is 4.90 Å². The average Bonchev–Trinajstić information content (AvgIpc) is 2.77. The zero-order valence-corrected chi connectivity index (χ0v) is 12.0. The molecule has 1 fully saturated rings. The molecule has 0 amide bonds. The number of aryl methyl sites for hydroxylation is 1. The molecule has 0 radical (unpaired) electrons.